The molecule has 1 aromatic rings. The van der Waals surface area contributed by atoms with E-state index in [0.717, 1.165) is 6.07 Å². The van der Waals surface area contributed by atoms with Gasteiger partial charge in [-0.2, -0.15) is 0 Å². The second-order valence-electron chi connectivity index (χ2n) is 4.65. The van der Waals surface area contributed by atoms with Crippen molar-refractivity contribution in [2.24, 2.45) is 11.7 Å². The molecule has 1 amide bonds. The van der Waals surface area contributed by atoms with Crippen LogP contribution < -0.4 is 11.1 Å². The summed E-state index contributed by atoms with van der Waals surface area (Å²) in [5, 5.41) is 2.39. The first-order valence-corrected chi connectivity index (χ1v) is 8.12. The maximum Gasteiger partial charge on any atom is 0.228 e. The first kappa shape index (κ1) is 14.9. The number of hydrogen-bond donors (Lipinski definition) is 2. The van der Waals surface area contributed by atoms with Crippen LogP contribution in [-0.2, 0) is 14.6 Å². The fourth-order valence-electron chi connectivity index (χ4n) is 2.01. The zero-order valence-corrected chi connectivity index (χ0v) is 12.1. The molecule has 1 unspecified atom stereocenters. The molecule has 1 atom stereocenters. The molecule has 0 aliphatic carbocycles. The summed E-state index contributed by atoms with van der Waals surface area (Å²) in [6, 6.07) is 3.97. The molecule has 108 valence electrons. The molecule has 1 aromatic carbocycles. The zero-order valence-electron chi connectivity index (χ0n) is 10.4. The summed E-state index contributed by atoms with van der Waals surface area (Å²) in [7, 11) is -3.15. The van der Waals surface area contributed by atoms with E-state index in [1.165, 1.54) is 12.1 Å². The third-order valence-electron chi connectivity index (χ3n) is 3.11. The van der Waals surface area contributed by atoms with Gasteiger partial charge in [0.15, 0.2) is 9.84 Å². The van der Waals surface area contributed by atoms with E-state index in [2.05, 4.69) is 5.32 Å². The van der Waals surface area contributed by atoms with Crippen LogP contribution in [0.2, 0.25) is 0 Å². The Hall–Kier alpha value is -1.54. The maximum absolute atomic E-state index is 13.8. The molecule has 1 fully saturated rings. The van der Waals surface area contributed by atoms with E-state index in [-0.39, 0.29) is 28.6 Å². The minimum atomic E-state index is -3.15. The van der Waals surface area contributed by atoms with Crippen LogP contribution in [0.15, 0.2) is 18.2 Å². The fourth-order valence-corrected chi connectivity index (χ4v) is 3.87. The normalized spacial score (nSPS) is 20.6. The molecule has 1 saturated heterocycles. The second kappa shape index (κ2) is 5.45. The summed E-state index contributed by atoms with van der Waals surface area (Å²) in [5.41, 5.74) is 5.72. The fraction of sp³-hybridized carbons (Fsp3) is 0.333. The number of thiocarbonyl (C=S) groups is 1. The molecule has 1 heterocycles. The molecule has 0 spiro atoms. The van der Waals surface area contributed by atoms with Crippen molar-refractivity contribution in [2.45, 2.75) is 6.42 Å². The molecule has 3 N–H and O–H groups in total. The van der Waals surface area contributed by atoms with Crippen LogP contribution in [0.5, 0.6) is 0 Å². The summed E-state index contributed by atoms with van der Waals surface area (Å²) in [5.74, 6) is -1.98. The van der Waals surface area contributed by atoms with E-state index in [4.69, 9.17) is 18.0 Å². The van der Waals surface area contributed by atoms with Crippen LogP contribution in [0.4, 0.5) is 10.1 Å². The van der Waals surface area contributed by atoms with Crippen molar-refractivity contribution in [3.8, 4) is 0 Å². The summed E-state index contributed by atoms with van der Waals surface area (Å²) in [4.78, 5) is 11.9. The topological polar surface area (TPSA) is 89.3 Å². The van der Waals surface area contributed by atoms with Gasteiger partial charge in [0, 0.05) is 5.56 Å². The molecular weight excluding hydrogens is 303 g/mol. The minimum absolute atomic E-state index is 0.00600. The Morgan fingerprint density at radius 3 is 2.65 bits per heavy atom. The van der Waals surface area contributed by atoms with Gasteiger partial charge in [-0.05, 0) is 24.6 Å². The Labute approximate surface area is 121 Å². The first-order chi connectivity index (χ1) is 9.28. The number of benzene rings is 1. The van der Waals surface area contributed by atoms with Gasteiger partial charge in [-0.25, -0.2) is 12.8 Å². The van der Waals surface area contributed by atoms with Gasteiger partial charge in [0.2, 0.25) is 5.91 Å². The van der Waals surface area contributed by atoms with Crippen molar-refractivity contribution < 1.29 is 17.6 Å². The molecule has 0 aromatic heterocycles. The minimum Gasteiger partial charge on any atom is -0.389 e. The van der Waals surface area contributed by atoms with Crippen LogP contribution in [0.3, 0.4) is 0 Å². The van der Waals surface area contributed by atoms with Gasteiger partial charge in [-0.15, -0.1) is 0 Å². The largest absolute Gasteiger partial charge is 0.389 e. The molecule has 2 rings (SSSR count). The number of nitrogens with one attached hydrogen (secondary N) is 1. The third-order valence-corrected chi connectivity index (χ3v) is 5.12. The molecule has 20 heavy (non-hydrogen) atoms. The number of amides is 1. The van der Waals surface area contributed by atoms with Crippen molar-refractivity contribution in [3.63, 3.8) is 0 Å². The standard InChI is InChI=1S/C12H13FN2O3S2/c13-9-5-7(11(14)19)1-2-10(9)15-12(16)8-3-4-20(17,18)6-8/h1-2,5,8H,3-4,6H2,(H2,14,19)(H,15,16). The summed E-state index contributed by atoms with van der Waals surface area (Å²) in [6.07, 6.45) is 0.265. The van der Waals surface area contributed by atoms with Crippen LogP contribution >= 0.6 is 12.2 Å². The van der Waals surface area contributed by atoms with E-state index in [9.17, 15) is 17.6 Å². The quantitative estimate of drug-likeness (QED) is 0.806. The van der Waals surface area contributed by atoms with E-state index < -0.39 is 27.5 Å². The summed E-state index contributed by atoms with van der Waals surface area (Å²) in [6.45, 7) is 0. The molecular formula is C12H13FN2O3S2. The van der Waals surface area contributed by atoms with Crippen LogP contribution in [0.25, 0.3) is 0 Å². The van der Waals surface area contributed by atoms with E-state index >= 15 is 0 Å². The Bertz CT molecular complexity index is 673. The first-order valence-electron chi connectivity index (χ1n) is 5.89. The highest BCUT2D eigenvalue weighted by atomic mass is 32.2. The average Bonchev–Trinajstić information content (AvgIpc) is 2.72. The number of anilines is 1. The molecule has 1 aliphatic heterocycles. The third kappa shape index (κ3) is 3.31. The van der Waals surface area contributed by atoms with Crippen LogP contribution in [0.1, 0.15) is 12.0 Å². The van der Waals surface area contributed by atoms with Gasteiger partial charge in [-0.1, -0.05) is 12.2 Å². The predicted molar refractivity (Wildman–Crippen MR) is 77.7 cm³/mol. The molecule has 0 saturated carbocycles. The maximum atomic E-state index is 13.8. The van der Waals surface area contributed by atoms with Gasteiger partial charge in [-0.3, -0.25) is 4.79 Å². The van der Waals surface area contributed by atoms with Crippen molar-refractivity contribution >= 4 is 38.6 Å². The van der Waals surface area contributed by atoms with E-state index in [1.54, 1.807) is 0 Å². The Kier molecular flexibility index (Phi) is 4.05. The van der Waals surface area contributed by atoms with Crippen molar-refractivity contribution in [1.29, 1.82) is 0 Å². The lowest BCUT2D eigenvalue weighted by Gasteiger charge is -2.11. The zero-order chi connectivity index (χ0) is 14.9. The Morgan fingerprint density at radius 1 is 1.45 bits per heavy atom. The van der Waals surface area contributed by atoms with E-state index in [1.807, 2.05) is 0 Å². The van der Waals surface area contributed by atoms with Crippen LogP contribution in [-0.4, -0.2) is 30.8 Å². The van der Waals surface area contributed by atoms with Crippen molar-refractivity contribution in [2.75, 3.05) is 16.8 Å². The average molecular weight is 316 g/mol. The van der Waals surface area contributed by atoms with Gasteiger partial charge in [0.05, 0.1) is 23.1 Å². The number of carbonyl (C=O) groups is 1. The van der Waals surface area contributed by atoms with Gasteiger partial charge in [0.1, 0.15) is 10.8 Å². The lowest BCUT2D eigenvalue weighted by molar-refractivity contribution is -0.119. The molecule has 0 radical (unpaired) electrons. The van der Waals surface area contributed by atoms with Gasteiger partial charge in [0.25, 0.3) is 0 Å². The van der Waals surface area contributed by atoms with Crippen molar-refractivity contribution in [1.82, 2.24) is 0 Å². The number of nitrogens with two attached hydrogens (primary N) is 1. The van der Waals surface area contributed by atoms with Crippen molar-refractivity contribution in [3.05, 3.63) is 29.6 Å². The highest BCUT2D eigenvalue weighted by Crippen LogP contribution is 2.22. The highest BCUT2D eigenvalue weighted by Gasteiger charge is 2.33. The molecule has 8 heteroatoms. The Balaban J connectivity index is 2.11. The van der Waals surface area contributed by atoms with E-state index in [0.29, 0.717) is 5.56 Å². The lowest BCUT2D eigenvalue weighted by Crippen LogP contribution is -2.24. The smallest absolute Gasteiger partial charge is 0.228 e. The summed E-state index contributed by atoms with van der Waals surface area (Å²) < 4.78 is 36.4. The lowest BCUT2D eigenvalue weighted by atomic mass is 10.1. The monoisotopic (exact) mass is 316 g/mol. The molecule has 1 aliphatic rings. The number of carbonyl (C=O) groups excluding carboxylic acids is 1. The predicted octanol–water partition coefficient (Wildman–Crippen LogP) is 0.833. The number of rotatable bonds is 3. The second-order valence-corrected chi connectivity index (χ2v) is 7.32. The molecule has 5 nitrogen and oxygen atoms in total. The number of halogens is 1. The molecule has 0 bridgehead atoms. The number of sulfone groups is 1. The highest BCUT2D eigenvalue weighted by molar-refractivity contribution is 7.91. The Morgan fingerprint density at radius 2 is 2.15 bits per heavy atom. The van der Waals surface area contributed by atoms with Gasteiger partial charge < -0.3 is 11.1 Å². The van der Waals surface area contributed by atoms with Gasteiger partial charge >= 0.3 is 0 Å². The van der Waals surface area contributed by atoms with Crippen LogP contribution in [0, 0.1) is 11.7 Å². The summed E-state index contributed by atoms with van der Waals surface area (Å²) >= 11 is 4.72. The number of hydrogen-bond acceptors (Lipinski definition) is 4. The SMILES string of the molecule is NC(=S)c1ccc(NC(=O)C2CCS(=O)(=O)C2)c(F)c1.